The average Bonchev–Trinajstić information content (AvgIpc) is 2.39. The highest BCUT2D eigenvalue weighted by Crippen LogP contribution is 2.11. The second kappa shape index (κ2) is 7.12. The normalized spacial score (nSPS) is 11.4. The maximum Gasteiger partial charge on any atom is 0.325 e. The first-order valence-corrected chi connectivity index (χ1v) is 5.57. The van der Waals surface area contributed by atoms with Crippen LogP contribution < -0.4 is 16.0 Å². The molecule has 0 spiro atoms. The summed E-state index contributed by atoms with van der Waals surface area (Å²) in [6.45, 7) is -0.278. The third-order valence-corrected chi connectivity index (χ3v) is 2.33. The minimum Gasteiger partial charge on any atom is -0.480 e. The molecule has 3 amide bonds. The molecule has 0 saturated heterocycles. The maximum absolute atomic E-state index is 11.3. The molecule has 7 nitrogen and oxygen atoms in total. The Balaban J connectivity index is 2.59. The fraction of sp³-hybridized carbons (Fsp3) is 0.250. The number of amides is 3. The van der Waals surface area contributed by atoms with E-state index in [0.717, 1.165) is 0 Å². The van der Waals surface area contributed by atoms with E-state index in [1.807, 2.05) is 5.32 Å². The van der Waals surface area contributed by atoms with Crippen LogP contribution in [0.25, 0.3) is 0 Å². The lowest BCUT2D eigenvalue weighted by molar-refractivity contribution is -0.139. The maximum atomic E-state index is 11.3. The first kappa shape index (κ1) is 14.7. The molecule has 0 radical (unpaired) electrons. The average molecular weight is 265 g/mol. The molecule has 0 heterocycles. The van der Waals surface area contributed by atoms with Crippen LogP contribution in [-0.2, 0) is 9.59 Å². The lowest BCUT2D eigenvalue weighted by atomic mass is 10.1. The minimum absolute atomic E-state index is 0.278. The molecule has 19 heavy (non-hydrogen) atoms. The third kappa shape index (κ3) is 4.76. The first-order chi connectivity index (χ1) is 9.04. The second-order valence-electron chi connectivity index (χ2n) is 3.69. The van der Waals surface area contributed by atoms with Gasteiger partial charge < -0.3 is 10.4 Å². The van der Waals surface area contributed by atoms with Crippen molar-refractivity contribution in [3.63, 3.8) is 0 Å². The molecule has 102 valence electrons. The molecule has 1 unspecified atom stereocenters. The van der Waals surface area contributed by atoms with Gasteiger partial charge >= 0.3 is 12.0 Å². The number of carboxylic acids is 1. The molecular weight excluding hydrogens is 250 g/mol. The third-order valence-electron chi connectivity index (χ3n) is 2.33. The number of carboxylic acid groups (broad SMARTS) is 1. The van der Waals surface area contributed by atoms with Crippen molar-refractivity contribution in [3.8, 4) is 0 Å². The molecule has 0 aliphatic carbocycles. The SMILES string of the molecule is CNC(=O)NC(=O)CNC(C(=O)O)c1ccccc1. The zero-order valence-corrected chi connectivity index (χ0v) is 10.3. The smallest absolute Gasteiger partial charge is 0.325 e. The van der Waals surface area contributed by atoms with Gasteiger partial charge in [0.25, 0.3) is 0 Å². The quantitative estimate of drug-likeness (QED) is 0.592. The Labute approximate surface area is 110 Å². The summed E-state index contributed by atoms with van der Waals surface area (Å²) < 4.78 is 0. The van der Waals surface area contributed by atoms with Crippen molar-refractivity contribution in [2.75, 3.05) is 13.6 Å². The zero-order valence-electron chi connectivity index (χ0n) is 10.3. The first-order valence-electron chi connectivity index (χ1n) is 5.57. The molecule has 1 aromatic carbocycles. The number of benzene rings is 1. The van der Waals surface area contributed by atoms with E-state index in [4.69, 9.17) is 5.11 Å². The zero-order chi connectivity index (χ0) is 14.3. The van der Waals surface area contributed by atoms with E-state index in [1.165, 1.54) is 7.05 Å². The fourth-order valence-electron chi connectivity index (χ4n) is 1.42. The predicted octanol–water partition coefficient (Wildman–Crippen LogP) is -0.142. The van der Waals surface area contributed by atoms with Crippen LogP contribution in [0.15, 0.2) is 30.3 Å². The van der Waals surface area contributed by atoms with E-state index in [2.05, 4.69) is 10.6 Å². The summed E-state index contributed by atoms with van der Waals surface area (Å²) >= 11 is 0. The summed E-state index contributed by atoms with van der Waals surface area (Å²) in [4.78, 5) is 33.3. The van der Waals surface area contributed by atoms with Crippen LogP contribution in [0.5, 0.6) is 0 Å². The van der Waals surface area contributed by atoms with Crippen LogP contribution in [0.3, 0.4) is 0 Å². The summed E-state index contributed by atoms with van der Waals surface area (Å²) in [5, 5.41) is 15.9. The van der Waals surface area contributed by atoms with Crippen LogP contribution in [0.1, 0.15) is 11.6 Å². The Morgan fingerprint density at radius 3 is 2.37 bits per heavy atom. The highest BCUT2D eigenvalue weighted by Gasteiger charge is 2.20. The molecule has 1 atom stereocenters. The van der Waals surface area contributed by atoms with Crippen molar-refractivity contribution < 1.29 is 19.5 Å². The number of urea groups is 1. The highest BCUT2D eigenvalue weighted by atomic mass is 16.4. The van der Waals surface area contributed by atoms with Gasteiger partial charge in [0.2, 0.25) is 5.91 Å². The van der Waals surface area contributed by atoms with E-state index >= 15 is 0 Å². The van der Waals surface area contributed by atoms with E-state index in [-0.39, 0.29) is 6.54 Å². The molecule has 0 aliphatic rings. The summed E-state index contributed by atoms with van der Waals surface area (Å²) in [5.41, 5.74) is 0.530. The van der Waals surface area contributed by atoms with Crippen LogP contribution in [0.2, 0.25) is 0 Å². The molecule has 0 fully saturated rings. The number of nitrogens with one attached hydrogen (secondary N) is 3. The Morgan fingerprint density at radius 1 is 1.21 bits per heavy atom. The highest BCUT2D eigenvalue weighted by molar-refractivity contribution is 5.95. The van der Waals surface area contributed by atoms with E-state index in [1.54, 1.807) is 30.3 Å². The van der Waals surface area contributed by atoms with Gasteiger partial charge in [-0.05, 0) is 5.56 Å². The van der Waals surface area contributed by atoms with Crippen LogP contribution in [0, 0.1) is 0 Å². The summed E-state index contributed by atoms with van der Waals surface area (Å²) in [7, 11) is 1.38. The van der Waals surface area contributed by atoms with Gasteiger partial charge in [0.15, 0.2) is 0 Å². The van der Waals surface area contributed by atoms with Gasteiger partial charge in [-0.15, -0.1) is 0 Å². The molecule has 0 bridgehead atoms. The Bertz CT molecular complexity index is 461. The summed E-state index contributed by atoms with van der Waals surface area (Å²) in [5.74, 6) is -1.71. The number of imide groups is 1. The molecule has 7 heteroatoms. The monoisotopic (exact) mass is 265 g/mol. The largest absolute Gasteiger partial charge is 0.480 e. The molecule has 1 aromatic rings. The standard InChI is InChI=1S/C12H15N3O4/c1-13-12(19)15-9(16)7-14-10(11(17)18)8-5-3-2-4-6-8/h2-6,10,14H,7H2,1H3,(H,17,18)(H2,13,15,16,19). The van der Waals surface area contributed by atoms with E-state index in [9.17, 15) is 14.4 Å². The topological polar surface area (TPSA) is 108 Å². The number of carbonyl (C=O) groups excluding carboxylic acids is 2. The van der Waals surface area contributed by atoms with Crippen molar-refractivity contribution in [3.05, 3.63) is 35.9 Å². The van der Waals surface area contributed by atoms with Gasteiger partial charge in [-0.1, -0.05) is 30.3 Å². The van der Waals surface area contributed by atoms with Gasteiger partial charge in [0.05, 0.1) is 6.54 Å². The summed E-state index contributed by atoms with van der Waals surface area (Å²) in [6, 6.07) is 6.82. The lowest BCUT2D eigenvalue weighted by Crippen LogP contribution is -2.43. The Morgan fingerprint density at radius 2 is 1.84 bits per heavy atom. The van der Waals surface area contributed by atoms with Gasteiger partial charge in [-0.3, -0.25) is 20.2 Å². The number of carbonyl (C=O) groups is 3. The van der Waals surface area contributed by atoms with E-state index < -0.39 is 23.9 Å². The van der Waals surface area contributed by atoms with Gasteiger partial charge in [0.1, 0.15) is 6.04 Å². The van der Waals surface area contributed by atoms with Gasteiger partial charge in [0, 0.05) is 7.05 Å². The molecule has 4 N–H and O–H groups in total. The number of hydrogen-bond acceptors (Lipinski definition) is 4. The molecular formula is C12H15N3O4. The van der Waals surface area contributed by atoms with Crippen molar-refractivity contribution in [2.45, 2.75) is 6.04 Å². The molecule has 0 aliphatic heterocycles. The van der Waals surface area contributed by atoms with Crippen molar-refractivity contribution >= 4 is 17.9 Å². The molecule has 1 rings (SSSR count). The fourth-order valence-corrected chi connectivity index (χ4v) is 1.42. The Kier molecular flexibility index (Phi) is 5.49. The van der Waals surface area contributed by atoms with Crippen molar-refractivity contribution in [1.29, 1.82) is 0 Å². The molecule has 0 saturated carbocycles. The number of rotatable bonds is 5. The van der Waals surface area contributed by atoms with Gasteiger partial charge in [-0.25, -0.2) is 4.79 Å². The van der Waals surface area contributed by atoms with Crippen molar-refractivity contribution in [1.82, 2.24) is 16.0 Å². The van der Waals surface area contributed by atoms with E-state index in [0.29, 0.717) is 5.56 Å². The number of hydrogen-bond donors (Lipinski definition) is 4. The van der Waals surface area contributed by atoms with Crippen LogP contribution >= 0.6 is 0 Å². The Hall–Kier alpha value is -2.41. The van der Waals surface area contributed by atoms with Crippen LogP contribution in [0.4, 0.5) is 4.79 Å². The summed E-state index contributed by atoms with van der Waals surface area (Å²) in [6.07, 6.45) is 0. The minimum atomic E-state index is -1.10. The second-order valence-corrected chi connectivity index (χ2v) is 3.69. The molecule has 0 aromatic heterocycles. The van der Waals surface area contributed by atoms with Crippen LogP contribution in [-0.4, -0.2) is 36.6 Å². The number of aliphatic carboxylic acids is 1. The predicted molar refractivity (Wildman–Crippen MR) is 67.4 cm³/mol. The van der Waals surface area contributed by atoms with Gasteiger partial charge in [-0.2, -0.15) is 0 Å². The van der Waals surface area contributed by atoms with Crippen molar-refractivity contribution in [2.24, 2.45) is 0 Å². The lowest BCUT2D eigenvalue weighted by Gasteiger charge is -2.14.